The topological polar surface area (TPSA) is 42.7 Å². The molecule has 0 aliphatic heterocycles. The highest BCUT2D eigenvalue weighted by atomic mass is 35.5. The zero-order valence-electron chi connectivity index (χ0n) is 10.7. The molecule has 0 fully saturated rings. The van der Waals surface area contributed by atoms with Gasteiger partial charge in [0.2, 0.25) is 0 Å². The average Bonchev–Trinajstić information content (AvgIpc) is 3.09. The molecular formula is C14H13ClN4S. The zero-order chi connectivity index (χ0) is 13.8. The Morgan fingerprint density at radius 3 is 3.00 bits per heavy atom. The predicted molar refractivity (Wildman–Crippen MR) is 82.2 cm³/mol. The van der Waals surface area contributed by atoms with Crippen LogP contribution in [0.4, 0.5) is 5.69 Å². The summed E-state index contributed by atoms with van der Waals surface area (Å²) in [6.07, 6.45) is 3.26. The molecule has 20 heavy (non-hydrogen) atoms. The van der Waals surface area contributed by atoms with Crippen molar-refractivity contribution < 1.29 is 0 Å². The molecule has 0 saturated heterocycles. The van der Waals surface area contributed by atoms with Crippen molar-refractivity contribution in [2.75, 3.05) is 5.32 Å². The van der Waals surface area contributed by atoms with E-state index in [9.17, 15) is 0 Å². The van der Waals surface area contributed by atoms with Crippen LogP contribution in [0, 0.1) is 0 Å². The van der Waals surface area contributed by atoms with Gasteiger partial charge in [-0.3, -0.25) is 0 Å². The fourth-order valence-electron chi connectivity index (χ4n) is 1.92. The van der Waals surface area contributed by atoms with Crippen molar-refractivity contribution in [2.45, 2.75) is 13.1 Å². The van der Waals surface area contributed by atoms with Crippen LogP contribution in [0.1, 0.15) is 10.4 Å². The molecule has 0 amide bonds. The molecule has 3 rings (SSSR count). The van der Waals surface area contributed by atoms with Gasteiger partial charge in [0, 0.05) is 22.5 Å². The first-order valence-corrected chi connectivity index (χ1v) is 7.43. The van der Waals surface area contributed by atoms with E-state index in [1.807, 2.05) is 17.5 Å². The molecule has 0 aliphatic rings. The fourth-order valence-corrected chi connectivity index (χ4v) is 2.93. The molecule has 2 aromatic heterocycles. The number of halogens is 1. The van der Waals surface area contributed by atoms with E-state index in [0.29, 0.717) is 0 Å². The molecule has 6 heteroatoms. The number of nitrogens with one attached hydrogen (secondary N) is 1. The van der Waals surface area contributed by atoms with E-state index in [1.54, 1.807) is 28.7 Å². The van der Waals surface area contributed by atoms with Crippen molar-refractivity contribution in [3.8, 4) is 0 Å². The molecule has 0 atom stereocenters. The highest BCUT2D eigenvalue weighted by molar-refractivity contribution is 7.10. The van der Waals surface area contributed by atoms with Crippen LogP contribution in [-0.4, -0.2) is 14.8 Å². The zero-order valence-corrected chi connectivity index (χ0v) is 12.2. The minimum absolute atomic E-state index is 0.723. The summed E-state index contributed by atoms with van der Waals surface area (Å²) in [5, 5.41) is 10.3. The lowest BCUT2D eigenvalue weighted by atomic mass is 10.2. The summed E-state index contributed by atoms with van der Waals surface area (Å²) in [5.74, 6) is 0. The summed E-state index contributed by atoms with van der Waals surface area (Å²) in [6, 6.07) is 10.3. The molecule has 3 aromatic rings. The van der Waals surface area contributed by atoms with Crippen molar-refractivity contribution in [2.24, 2.45) is 0 Å². The molecule has 0 saturated carbocycles. The minimum atomic E-state index is 0.723. The highest BCUT2D eigenvalue weighted by Gasteiger charge is 2.00. The summed E-state index contributed by atoms with van der Waals surface area (Å²) in [4.78, 5) is 5.16. The highest BCUT2D eigenvalue weighted by Crippen LogP contribution is 2.20. The van der Waals surface area contributed by atoms with Crippen LogP contribution in [0.5, 0.6) is 0 Å². The smallest absolute Gasteiger partial charge is 0.137 e. The predicted octanol–water partition coefficient (Wildman–Crippen LogP) is 3.65. The molecule has 1 N–H and O–H groups in total. The second-order valence-corrected chi connectivity index (χ2v) is 5.81. The van der Waals surface area contributed by atoms with Gasteiger partial charge < -0.3 is 5.32 Å². The molecule has 0 bridgehead atoms. The maximum atomic E-state index is 5.91. The quantitative estimate of drug-likeness (QED) is 0.782. The van der Waals surface area contributed by atoms with Gasteiger partial charge in [0.1, 0.15) is 12.7 Å². The van der Waals surface area contributed by atoms with E-state index in [2.05, 4.69) is 33.6 Å². The Labute approximate surface area is 126 Å². The van der Waals surface area contributed by atoms with Gasteiger partial charge in [-0.25, -0.2) is 9.67 Å². The Morgan fingerprint density at radius 2 is 2.25 bits per heavy atom. The Balaban J connectivity index is 1.65. The summed E-state index contributed by atoms with van der Waals surface area (Å²) in [7, 11) is 0. The molecule has 0 radical (unpaired) electrons. The van der Waals surface area contributed by atoms with Crippen LogP contribution < -0.4 is 5.32 Å². The van der Waals surface area contributed by atoms with Crippen LogP contribution in [-0.2, 0) is 13.1 Å². The van der Waals surface area contributed by atoms with Crippen molar-refractivity contribution in [3.63, 3.8) is 0 Å². The molecule has 0 spiro atoms. The normalized spacial score (nSPS) is 10.7. The second-order valence-electron chi connectivity index (χ2n) is 4.38. The Kier molecular flexibility index (Phi) is 3.99. The van der Waals surface area contributed by atoms with Gasteiger partial charge >= 0.3 is 0 Å². The van der Waals surface area contributed by atoms with Crippen molar-refractivity contribution in [3.05, 3.63) is 63.8 Å². The molecule has 0 aliphatic carbocycles. The second kappa shape index (κ2) is 6.07. The third-order valence-electron chi connectivity index (χ3n) is 2.83. The number of anilines is 1. The standard InChI is InChI=1S/C14H13ClN4S/c15-12-5-14(20-8-12)6-17-13-3-1-2-11(4-13)7-19-10-16-9-18-19/h1-5,8-10,17H,6-7H2. The third-order valence-corrected chi connectivity index (χ3v) is 4.11. The van der Waals surface area contributed by atoms with Gasteiger partial charge in [0.25, 0.3) is 0 Å². The van der Waals surface area contributed by atoms with Crippen molar-refractivity contribution in [1.82, 2.24) is 14.8 Å². The molecule has 0 unspecified atom stereocenters. The number of hydrogen-bond donors (Lipinski definition) is 1. The van der Waals surface area contributed by atoms with Gasteiger partial charge in [-0.05, 0) is 23.8 Å². The fraction of sp³-hybridized carbons (Fsp3) is 0.143. The number of rotatable bonds is 5. The summed E-state index contributed by atoms with van der Waals surface area (Å²) in [6.45, 7) is 1.50. The van der Waals surface area contributed by atoms with E-state index < -0.39 is 0 Å². The van der Waals surface area contributed by atoms with Crippen molar-refractivity contribution >= 4 is 28.6 Å². The Morgan fingerprint density at radius 1 is 1.30 bits per heavy atom. The monoisotopic (exact) mass is 304 g/mol. The largest absolute Gasteiger partial charge is 0.380 e. The van der Waals surface area contributed by atoms with Gasteiger partial charge in [0.05, 0.1) is 11.6 Å². The maximum Gasteiger partial charge on any atom is 0.137 e. The van der Waals surface area contributed by atoms with E-state index in [-0.39, 0.29) is 0 Å². The number of aromatic nitrogens is 3. The van der Waals surface area contributed by atoms with Crippen molar-refractivity contribution in [1.29, 1.82) is 0 Å². The van der Waals surface area contributed by atoms with E-state index in [4.69, 9.17) is 11.6 Å². The van der Waals surface area contributed by atoms with Crippen LogP contribution in [0.25, 0.3) is 0 Å². The van der Waals surface area contributed by atoms with Gasteiger partial charge in [0.15, 0.2) is 0 Å². The molecular weight excluding hydrogens is 292 g/mol. The first-order chi connectivity index (χ1) is 9.79. The summed E-state index contributed by atoms with van der Waals surface area (Å²) in [5.41, 5.74) is 2.27. The number of hydrogen-bond acceptors (Lipinski definition) is 4. The van der Waals surface area contributed by atoms with E-state index in [1.165, 1.54) is 10.4 Å². The lowest BCUT2D eigenvalue weighted by molar-refractivity contribution is 0.685. The molecule has 2 heterocycles. The Hall–Kier alpha value is -1.85. The first kappa shape index (κ1) is 13.1. The SMILES string of the molecule is Clc1csc(CNc2cccc(Cn3cncn3)c2)c1. The lowest BCUT2D eigenvalue weighted by Gasteiger charge is -2.07. The minimum Gasteiger partial charge on any atom is -0.380 e. The molecule has 102 valence electrons. The first-order valence-electron chi connectivity index (χ1n) is 6.18. The van der Waals surface area contributed by atoms with Crippen LogP contribution in [0.3, 0.4) is 0 Å². The van der Waals surface area contributed by atoms with Crippen LogP contribution >= 0.6 is 22.9 Å². The number of benzene rings is 1. The average molecular weight is 305 g/mol. The van der Waals surface area contributed by atoms with Gasteiger partial charge in [-0.15, -0.1) is 11.3 Å². The number of thiophene rings is 1. The lowest BCUT2D eigenvalue weighted by Crippen LogP contribution is -2.02. The summed E-state index contributed by atoms with van der Waals surface area (Å²) < 4.78 is 1.80. The van der Waals surface area contributed by atoms with Crippen LogP contribution in [0.2, 0.25) is 5.02 Å². The van der Waals surface area contributed by atoms with E-state index >= 15 is 0 Å². The third kappa shape index (κ3) is 3.37. The maximum absolute atomic E-state index is 5.91. The number of nitrogens with zero attached hydrogens (tertiary/aromatic N) is 3. The summed E-state index contributed by atoms with van der Waals surface area (Å²) >= 11 is 7.57. The molecule has 1 aromatic carbocycles. The van der Waals surface area contributed by atoms with Crippen LogP contribution in [0.15, 0.2) is 48.4 Å². The Bertz CT molecular complexity index is 678. The van der Waals surface area contributed by atoms with E-state index in [0.717, 1.165) is 23.8 Å². The van der Waals surface area contributed by atoms with Gasteiger partial charge in [-0.1, -0.05) is 23.7 Å². The van der Waals surface area contributed by atoms with Gasteiger partial charge in [-0.2, -0.15) is 5.10 Å². The molecule has 4 nitrogen and oxygen atoms in total.